The highest BCUT2D eigenvalue weighted by molar-refractivity contribution is 7.43. The SMILES string of the molecule is CN1C[C@@H](c2ccc(-c3ccc4c(c3)OC[C@H]3[C@H](COP(=O)([O-])[O-])OC(=O)N43)cn2)OC1=O.NC(N)=[NH+]CCC[C@H](N)C(=O)O.NC(N)=[NH+]CCC[C@H](N)C(=O)O. The quantitative estimate of drug-likeness (QED) is 0.0346. The smallest absolute Gasteiger partial charge is 0.415 e. The Balaban J connectivity index is 0.000000300. The Morgan fingerprint density at radius 1 is 0.947 bits per heavy atom. The molecule has 1 aromatic heterocycles. The number of pyridine rings is 1. The van der Waals surface area contributed by atoms with Crippen LogP contribution in [0, 0.1) is 0 Å². The number of nitrogens with one attached hydrogen (secondary N) is 2. The Labute approximate surface area is 326 Å². The first-order chi connectivity index (χ1) is 26.8. The number of hydrogen-bond acceptors (Lipinski definition) is 14. The number of fused-ring (bicyclic) bond motifs is 3. The highest BCUT2D eigenvalue weighted by Gasteiger charge is 2.46. The lowest BCUT2D eigenvalue weighted by molar-refractivity contribution is -0.460. The van der Waals surface area contributed by atoms with Crippen molar-refractivity contribution in [3.8, 4) is 16.9 Å². The lowest BCUT2D eigenvalue weighted by atomic mass is 10.0. The number of carboxylic acid groups (broad SMARTS) is 2. The second-order valence-electron chi connectivity index (χ2n) is 12.8. The number of aliphatic carboxylic acids is 2. The number of aromatic nitrogens is 1. The molecular weight excluding hydrogens is 777 g/mol. The fourth-order valence-electron chi connectivity index (χ4n) is 5.37. The highest BCUT2D eigenvalue weighted by Crippen LogP contribution is 2.41. The topological polar surface area (TPSA) is 412 Å². The van der Waals surface area contributed by atoms with Gasteiger partial charge in [0.25, 0.3) is 0 Å². The van der Waals surface area contributed by atoms with E-state index in [-0.39, 0.29) is 24.6 Å². The van der Waals surface area contributed by atoms with Gasteiger partial charge in [0.1, 0.15) is 30.5 Å². The van der Waals surface area contributed by atoms with Crippen LogP contribution in [0.25, 0.3) is 11.1 Å². The summed E-state index contributed by atoms with van der Waals surface area (Å²) in [7, 11) is -3.53. The summed E-state index contributed by atoms with van der Waals surface area (Å²) < 4.78 is 31.3. The van der Waals surface area contributed by atoms with Gasteiger partial charge in [0.15, 0.2) is 12.2 Å². The number of cyclic esters (lactones) is 2. The Hall–Kier alpha value is -5.78. The largest absolute Gasteiger partial charge is 0.790 e. The van der Waals surface area contributed by atoms with Gasteiger partial charge in [-0.15, -0.1) is 0 Å². The summed E-state index contributed by atoms with van der Waals surface area (Å²) in [6.07, 6.45) is 1.30. The van der Waals surface area contributed by atoms with E-state index in [2.05, 4.69) is 19.5 Å². The molecule has 0 radical (unpaired) electrons. The number of hydrogen-bond donors (Lipinski definition) is 10. The summed E-state index contributed by atoms with van der Waals surface area (Å²) in [5.74, 6) is -1.26. The van der Waals surface area contributed by atoms with Gasteiger partial charge >= 0.3 is 36.0 Å². The number of anilines is 1. The first kappa shape index (κ1) is 45.6. The van der Waals surface area contributed by atoms with E-state index >= 15 is 0 Å². The maximum Gasteiger partial charge on any atom is 0.415 e. The van der Waals surface area contributed by atoms with Crippen molar-refractivity contribution in [3.05, 3.63) is 42.2 Å². The average Bonchev–Trinajstić information content (AvgIpc) is 3.67. The molecule has 0 aliphatic carbocycles. The van der Waals surface area contributed by atoms with Gasteiger partial charge in [0, 0.05) is 18.8 Å². The van der Waals surface area contributed by atoms with Crippen molar-refractivity contribution in [3.63, 3.8) is 0 Å². The monoisotopic (exact) mass is 825 g/mol. The van der Waals surface area contributed by atoms with Gasteiger partial charge in [0.2, 0.25) is 0 Å². The van der Waals surface area contributed by atoms with Crippen LogP contribution < -0.4 is 63.8 Å². The van der Waals surface area contributed by atoms with Crippen LogP contribution in [0.1, 0.15) is 37.5 Å². The van der Waals surface area contributed by atoms with E-state index in [1.165, 1.54) is 9.80 Å². The minimum Gasteiger partial charge on any atom is -0.790 e. The predicted octanol–water partition coefficient (Wildman–Crippen LogP) is -6.13. The summed E-state index contributed by atoms with van der Waals surface area (Å²) in [5, 5.41) is 16.8. The number of ether oxygens (including phenoxy) is 3. The van der Waals surface area contributed by atoms with Crippen molar-refractivity contribution in [2.45, 2.75) is 56.0 Å². The number of guanidine groups is 2. The molecule has 24 nitrogen and oxygen atoms in total. The number of phosphoric acid groups is 1. The zero-order valence-corrected chi connectivity index (χ0v) is 31.7. The van der Waals surface area contributed by atoms with Crippen molar-refractivity contribution in [1.29, 1.82) is 0 Å². The summed E-state index contributed by atoms with van der Waals surface area (Å²) >= 11 is 0. The van der Waals surface area contributed by atoms with Crippen LogP contribution in [0.15, 0.2) is 36.5 Å². The van der Waals surface area contributed by atoms with Crippen LogP contribution >= 0.6 is 7.82 Å². The predicted molar refractivity (Wildman–Crippen MR) is 195 cm³/mol. The second-order valence-corrected chi connectivity index (χ2v) is 13.9. The molecule has 3 aliphatic rings. The third-order valence-electron chi connectivity index (χ3n) is 8.36. The van der Waals surface area contributed by atoms with Crippen molar-refractivity contribution in [2.75, 3.05) is 44.8 Å². The maximum atomic E-state index is 12.4. The maximum absolute atomic E-state index is 12.4. The van der Waals surface area contributed by atoms with Gasteiger partial charge in [-0.25, -0.2) is 9.59 Å². The summed E-state index contributed by atoms with van der Waals surface area (Å²) in [5.41, 5.74) is 33.6. The Morgan fingerprint density at radius 2 is 1.53 bits per heavy atom. The van der Waals surface area contributed by atoms with Crippen molar-refractivity contribution in [2.24, 2.45) is 34.4 Å². The average molecular weight is 826 g/mol. The molecule has 25 heteroatoms. The van der Waals surface area contributed by atoms with Gasteiger partial charge in [-0.2, -0.15) is 0 Å². The molecule has 0 saturated carbocycles. The molecule has 0 unspecified atom stereocenters. The normalized spacial score (nSPS) is 19.1. The molecule has 2 amide bonds. The minimum absolute atomic E-state index is 0.0377. The molecule has 0 spiro atoms. The van der Waals surface area contributed by atoms with Crippen LogP contribution in [0.4, 0.5) is 15.3 Å². The molecule has 5 atom stereocenters. The second kappa shape index (κ2) is 20.9. The van der Waals surface area contributed by atoms with Gasteiger partial charge < -0.3 is 59.7 Å². The molecule has 0 bridgehead atoms. The van der Waals surface area contributed by atoms with Crippen LogP contribution in [0.3, 0.4) is 0 Å². The van der Waals surface area contributed by atoms with E-state index in [9.17, 15) is 33.5 Å². The molecule has 3 aliphatic heterocycles. The number of likely N-dealkylation sites (N-methyl/N-ethyl adjacent to an activating group) is 1. The Morgan fingerprint density at radius 3 is 2.00 bits per heavy atom. The molecular formula is C32H48N11O13P. The number of nitrogens with zero attached hydrogens (tertiary/aromatic N) is 3. The number of carboxylic acids is 2. The fraction of sp³-hybridized carbons (Fsp3) is 0.469. The zero-order valence-electron chi connectivity index (χ0n) is 30.9. The van der Waals surface area contributed by atoms with Gasteiger partial charge in [-0.1, -0.05) is 12.1 Å². The molecule has 314 valence electrons. The first-order valence-electron chi connectivity index (χ1n) is 17.3. The van der Waals surface area contributed by atoms with E-state index in [0.29, 0.717) is 62.4 Å². The number of carbonyl (C=O) groups is 4. The molecule has 57 heavy (non-hydrogen) atoms. The van der Waals surface area contributed by atoms with Crippen molar-refractivity contribution in [1.82, 2.24) is 9.88 Å². The summed E-state index contributed by atoms with van der Waals surface area (Å²) in [4.78, 5) is 78.5. The van der Waals surface area contributed by atoms with Crippen LogP contribution in [0.5, 0.6) is 5.75 Å². The minimum atomic E-state index is -5.19. The third kappa shape index (κ3) is 14.3. The Bertz CT molecular complexity index is 1780. The number of nitrogens with two attached hydrogens (primary N) is 6. The lowest BCUT2D eigenvalue weighted by Gasteiger charge is -2.33. The number of benzene rings is 1. The van der Waals surface area contributed by atoms with E-state index in [1.807, 2.05) is 6.07 Å². The Kier molecular flexibility index (Phi) is 16.8. The molecule has 5 rings (SSSR count). The molecule has 4 heterocycles. The van der Waals surface area contributed by atoms with E-state index in [4.69, 9.17) is 58.8 Å². The van der Waals surface area contributed by atoms with Gasteiger partial charge in [0.05, 0.1) is 45.4 Å². The molecule has 2 fully saturated rings. The number of amides is 2. The van der Waals surface area contributed by atoms with Gasteiger partial charge in [-0.05, 0) is 49.4 Å². The molecule has 1 aromatic carbocycles. The zero-order chi connectivity index (χ0) is 42.4. The number of rotatable bonds is 15. The highest BCUT2D eigenvalue weighted by atomic mass is 31.2. The van der Waals surface area contributed by atoms with E-state index < -0.39 is 62.8 Å². The van der Waals surface area contributed by atoms with E-state index in [1.54, 1.807) is 37.5 Å². The standard InChI is InChI=1S/C20H20N3O9P.2C6H14N4O2/c1-22-8-17(31-19(22)24)13-4-2-12(7-21-13)11-3-5-14-16(6-11)29-9-15-18(10-30-33(26,27)28)32-20(25)23(14)15;2*7-4(5(11)12)2-1-3-10-6(8)9/h2-7,15,17-18H,8-10H2,1H3,(H2,26,27,28);2*4H,1-3,7H2,(H,11,12)(H4,8,9,10)/t15-,17-,18-;2*4-/m000/s1. The first-order valence-corrected chi connectivity index (χ1v) is 18.7. The van der Waals surface area contributed by atoms with Crippen LogP contribution in [-0.4, -0.2) is 120 Å². The van der Waals surface area contributed by atoms with Crippen LogP contribution in [-0.2, 0) is 28.2 Å². The van der Waals surface area contributed by atoms with Crippen molar-refractivity contribution >= 4 is 49.6 Å². The lowest BCUT2D eigenvalue weighted by Crippen LogP contribution is -2.78. The van der Waals surface area contributed by atoms with E-state index in [0.717, 1.165) is 11.1 Å². The van der Waals surface area contributed by atoms with Gasteiger partial charge in [-0.3, -0.25) is 52.4 Å². The molecule has 16 N–H and O–H groups in total. The fourth-order valence-corrected chi connectivity index (χ4v) is 5.70. The van der Waals surface area contributed by atoms with Crippen molar-refractivity contribution < 1.29 is 72.5 Å². The van der Waals surface area contributed by atoms with Crippen LogP contribution in [0.2, 0.25) is 0 Å². The number of phosphoric ester groups is 1. The molecule has 2 aromatic rings. The summed E-state index contributed by atoms with van der Waals surface area (Å²) in [6, 6.07) is 6.64. The summed E-state index contributed by atoms with van der Waals surface area (Å²) in [6.45, 7) is 0.985. The molecule has 2 saturated heterocycles. The third-order valence-corrected chi connectivity index (χ3v) is 8.82. The number of carbonyl (C=O) groups excluding carboxylic acids is 2.